The van der Waals surface area contributed by atoms with Crippen LogP contribution in [0, 0.1) is 6.92 Å². The molecule has 62 valence electrons. The third-order valence-electron chi connectivity index (χ3n) is 1.78. The maximum Gasteiger partial charge on any atom is 0.132 e. The molecule has 0 fully saturated rings. The van der Waals surface area contributed by atoms with E-state index in [-0.39, 0.29) is 0 Å². The van der Waals surface area contributed by atoms with Crippen LogP contribution in [0.4, 0.5) is 0 Å². The van der Waals surface area contributed by atoms with Gasteiger partial charge < -0.3 is 4.57 Å². The molecule has 0 aliphatic heterocycles. The minimum atomic E-state index is 0.973. The number of aromatic nitrogens is 3. The van der Waals surface area contributed by atoms with Gasteiger partial charge in [-0.1, -0.05) is 13.8 Å². The lowest BCUT2D eigenvalue weighted by Crippen LogP contribution is -2.03. The Balaban J connectivity index is 2.88. The van der Waals surface area contributed by atoms with Crippen LogP contribution in [-0.4, -0.2) is 14.8 Å². The molecule has 0 aliphatic carbocycles. The molecule has 11 heavy (non-hydrogen) atoms. The van der Waals surface area contributed by atoms with E-state index in [1.165, 1.54) is 0 Å². The number of aryl methyl sites for hydroxylation is 2. The Morgan fingerprint density at radius 3 is 2.55 bits per heavy atom. The zero-order valence-corrected chi connectivity index (χ0v) is 7.46. The van der Waals surface area contributed by atoms with Crippen molar-refractivity contribution < 1.29 is 0 Å². The molecule has 0 bridgehead atoms. The van der Waals surface area contributed by atoms with E-state index < -0.39 is 0 Å². The smallest absolute Gasteiger partial charge is 0.132 e. The standard InChI is InChI=1S/C8H15N3/c1-4-6-11-7(3)9-10-8(11)5-2/h4-6H2,1-3H3. The summed E-state index contributed by atoms with van der Waals surface area (Å²) in [5.74, 6) is 2.13. The van der Waals surface area contributed by atoms with Gasteiger partial charge in [-0.05, 0) is 13.3 Å². The lowest BCUT2D eigenvalue weighted by atomic mass is 10.4. The summed E-state index contributed by atoms with van der Waals surface area (Å²) in [5.41, 5.74) is 0. The molecule has 1 rings (SSSR count). The van der Waals surface area contributed by atoms with Crippen LogP contribution in [0.15, 0.2) is 0 Å². The van der Waals surface area contributed by atoms with Crippen LogP contribution in [0.3, 0.4) is 0 Å². The van der Waals surface area contributed by atoms with Gasteiger partial charge in [0.1, 0.15) is 11.6 Å². The second-order valence-electron chi connectivity index (χ2n) is 2.67. The van der Waals surface area contributed by atoms with Crippen molar-refractivity contribution in [1.29, 1.82) is 0 Å². The molecule has 3 heteroatoms. The topological polar surface area (TPSA) is 30.7 Å². The number of hydrogen-bond acceptors (Lipinski definition) is 2. The highest BCUT2D eigenvalue weighted by atomic mass is 15.3. The maximum atomic E-state index is 4.07. The van der Waals surface area contributed by atoms with Crippen molar-refractivity contribution in [2.24, 2.45) is 0 Å². The second-order valence-corrected chi connectivity index (χ2v) is 2.67. The van der Waals surface area contributed by atoms with E-state index >= 15 is 0 Å². The first-order valence-electron chi connectivity index (χ1n) is 4.18. The van der Waals surface area contributed by atoms with E-state index in [9.17, 15) is 0 Å². The number of rotatable bonds is 3. The summed E-state index contributed by atoms with van der Waals surface area (Å²) in [6, 6.07) is 0. The highest BCUT2D eigenvalue weighted by Gasteiger charge is 2.03. The Morgan fingerprint density at radius 2 is 2.00 bits per heavy atom. The van der Waals surface area contributed by atoms with E-state index in [1.807, 2.05) is 6.92 Å². The zero-order valence-electron chi connectivity index (χ0n) is 7.46. The normalized spacial score (nSPS) is 10.5. The van der Waals surface area contributed by atoms with Gasteiger partial charge in [0, 0.05) is 13.0 Å². The van der Waals surface area contributed by atoms with E-state index in [4.69, 9.17) is 0 Å². The van der Waals surface area contributed by atoms with Crippen LogP contribution >= 0.6 is 0 Å². The number of nitrogens with zero attached hydrogens (tertiary/aromatic N) is 3. The summed E-state index contributed by atoms with van der Waals surface area (Å²) >= 11 is 0. The van der Waals surface area contributed by atoms with Gasteiger partial charge in [-0.3, -0.25) is 0 Å². The van der Waals surface area contributed by atoms with Crippen molar-refractivity contribution in [2.45, 2.75) is 40.2 Å². The van der Waals surface area contributed by atoms with Crippen LogP contribution in [0.2, 0.25) is 0 Å². The van der Waals surface area contributed by atoms with Gasteiger partial charge in [0.15, 0.2) is 0 Å². The fourth-order valence-electron chi connectivity index (χ4n) is 1.20. The van der Waals surface area contributed by atoms with Crippen molar-refractivity contribution in [3.8, 4) is 0 Å². The fraction of sp³-hybridized carbons (Fsp3) is 0.750. The number of hydrogen-bond donors (Lipinski definition) is 0. The average molecular weight is 153 g/mol. The molecule has 0 radical (unpaired) electrons. The van der Waals surface area contributed by atoms with Crippen molar-refractivity contribution in [3.05, 3.63) is 11.6 Å². The molecule has 0 aliphatic rings. The summed E-state index contributed by atoms with van der Waals surface area (Å²) < 4.78 is 2.18. The van der Waals surface area contributed by atoms with Gasteiger partial charge in [-0.2, -0.15) is 0 Å². The lowest BCUT2D eigenvalue weighted by Gasteiger charge is -2.03. The van der Waals surface area contributed by atoms with Crippen molar-refractivity contribution in [2.75, 3.05) is 0 Å². The van der Waals surface area contributed by atoms with E-state index in [2.05, 4.69) is 28.6 Å². The molecule has 0 spiro atoms. The Kier molecular flexibility index (Phi) is 2.63. The first-order valence-corrected chi connectivity index (χ1v) is 4.18. The molecule has 1 aromatic rings. The summed E-state index contributed by atoms with van der Waals surface area (Å²) in [6.45, 7) is 7.32. The summed E-state index contributed by atoms with van der Waals surface area (Å²) in [4.78, 5) is 0. The molecule has 3 nitrogen and oxygen atoms in total. The van der Waals surface area contributed by atoms with E-state index in [1.54, 1.807) is 0 Å². The molecule has 0 N–H and O–H groups in total. The Bertz CT molecular complexity index is 227. The minimum Gasteiger partial charge on any atom is -0.315 e. The molecule has 0 aromatic carbocycles. The van der Waals surface area contributed by atoms with E-state index in [0.29, 0.717) is 0 Å². The molecule has 0 atom stereocenters. The molecular weight excluding hydrogens is 138 g/mol. The van der Waals surface area contributed by atoms with Crippen LogP contribution < -0.4 is 0 Å². The van der Waals surface area contributed by atoms with Gasteiger partial charge in [-0.15, -0.1) is 10.2 Å². The molecule has 0 amide bonds. The quantitative estimate of drug-likeness (QED) is 0.659. The first kappa shape index (κ1) is 8.24. The van der Waals surface area contributed by atoms with Gasteiger partial charge in [-0.25, -0.2) is 0 Å². The predicted octanol–water partition coefficient (Wildman–Crippen LogP) is 1.56. The maximum absolute atomic E-state index is 4.07. The van der Waals surface area contributed by atoms with E-state index in [0.717, 1.165) is 31.0 Å². The zero-order chi connectivity index (χ0) is 8.27. The second kappa shape index (κ2) is 3.51. The molecule has 0 saturated heterocycles. The summed E-state index contributed by atoms with van der Waals surface area (Å²) in [5, 5.41) is 8.08. The van der Waals surface area contributed by atoms with Crippen molar-refractivity contribution in [3.63, 3.8) is 0 Å². The Labute approximate surface area is 67.4 Å². The van der Waals surface area contributed by atoms with Crippen LogP contribution in [0.25, 0.3) is 0 Å². The van der Waals surface area contributed by atoms with Gasteiger partial charge >= 0.3 is 0 Å². The monoisotopic (exact) mass is 153 g/mol. The third kappa shape index (κ3) is 1.59. The summed E-state index contributed by atoms with van der Waals surface area (Å²) in [6.07, 6.45) is 2.12. The summed E-state index contributed by atoms with van der Waals surface area (Å²) in [7, 11) is 0. The average Bonchev–Trinajstić information content (AvgIpc) is 2.34. The van der Waals surface area contributed by atoms with Crippen LogP contribution in [0.5, 0.6) is 0 Å². The van der Waals surface area contributed by atoms with Crippen molar-refractivity contribution in [1.82, 2.24) is 14.8 Å². The lowest BCUT2D eigenvalue weighted by molar-refractivity contribution is 0.626. The van der Waals surface area contributed by atoms with Crippen molar-refractivity contribution >= 4 is 0 Å². The minimum absolute atomic E-state index is 0.973. The van der Waals surface area contributed by atoms with Crippen LogP contribution in [0.1, 0.15) is 31.9 Å². The Morgan fingerprint density at radius 1 is 1.27 bits per heavy atom. The predicted molar refractivity (Wildman–Crippen MR) is 44.4 cm³/mol. The molecule has 1 heterocycles. The first-order chi connectivity index (χ1) is 5.29. The molecule has 1 aromatic heterocycles. The molecular formula is C8H15N3. The Hall–Kier alpha value is -0.860. The van der Waals surface area contributed by atoms with Gasteiger partial charge in [0.25, 0.3) is 0 Å². The SMILES string of the molecule is CCCn1c(C)nnc1CC. The fourth-order valence-corrected chi connectivity index (χ4v) is 1.20. The van der Waals surface area contributed by atoms with Crippen LogP contribution in [-0.2, 0) is 13.0 Å². The largest absolute Gasteiger partial charge is 0.315 e. The molecule has 0 unspecified atom stereocenters. The third-order valence-corrected chi connectivity index (χ3v) is 1.78. The highest BCUT2D eigenvalue weighted by molar-refractivity contribution is 4.92. The highest BCUT2D eigenvalue weighted by Crippen LogP contribution is 2.02. The van der Waals surface area contributed by atoms with Gasteiger partial charge in [0.05, 0.1) is 0 Å². The molecule has 0 saturated carbocycles. The van der Waals surface area contributed by atoms with Gasteiger partial charge in [0.2, 0.25) is 0 Å².